The molecule has 1 amide bonds. The first-order valence-corrected chi connectivity index (χ1v) is 15.9. The van der Waals surface area contributed by atoms with Crippen molar-refractivity contribution in [2.45, 2.75) is 92.2 Å². The van der Waals surface area contributed by atoms with Gasteiger partial charge in [0.15, 0.2) is 5.13 Å². The van der Waals surface area contributed by atoms with Gasteiger partial charge in [0.1, 0.15) is 16.4 Å². The number of nitrogens with zero attached hydrogens (tertiary/aromatic N) is 7. The summed E-state index contributed by atoms with van der Waals surface area (Å²) in [5.74, 6) is 0.459. The summed E-state index contributed by atoms with van der Waals surface area (Å²) in [7, 11) is 0. The Morgan fingerprint density at radius 1 is 1.07 bits per heavy atom. The number of unbranched alkanes of at least 4 members (excludes halogenated alkanes) is 3. The zero-order valence-corrected chi connectivity index (χ0v) is 25.9. The Labute approximate surface area is 248 Å². The Hall–Kier alpha value is -3.51. The number of fused-ring (bicyclic) bond motifs is 1. The number of hydrogen-bond acceptors (Lipinski definition) is 7. The molecule has 2 aliphatic heterocycles. The lowest BCUT2D eigenvalue weighted by Crippen LogP contribution is -2.39. The van der Waals surface area contributed by atoms with Gasteiger partial charge in [0.2, 0.25) is 5.84 Å². The molecule has 0 spiro atoms. The van der Waals surface area contributed by atoms with E-state index >= 15 is 0 Å². The maximum Gasteiger partial charge on any atom is 0.446 e. The van der Waals surface area contributed by atoms with Gasteiger partial charge in [-0.1, -0.05) is 95.0 Å². The monoisotopic (exact) mass is 572 g/mol. The first kappa shape index (κ1) is 30.4. The first-order chi connectivity index (χ1) is 20.0. The van der Waals surface area contributed by atoms with Crippen molar-refractivity contribution in [1.82, 2.24) is 4.98 Å². The van der Waals surface area contributed by atoms with Crippen molar-refractivity contribution in [1.29, 1.82) is 0 Å². The third-order valence-corrected chi connectivity index (χ3v) is 8.68. The summed E-state index contributed by atoms with van der Waals surface area (Å²) in [6.07, 6.45) is 7.80. The van der Waals surface area contributed by atoms with Crippen LogP contribution in [0.5, 0.6) is 0 Å². The van der Waals surface area contributed by atoms with Crippen LogP contribution in [0, 0.1) is 12.5 Å². The number of azo groups is 2. The molecule has 1 aromatic heterocycles. The predicted octanol–water partition coefficient (Wildman–Crippen LogP) is 8.44. The second kappa shape index (κ2) is 14.4. The van der Waals surface area contributed by atoms with E-state index < -0.39 is 12.1 Å². The zero-order valence-electron chi connectivity index (χ0n) is 25.1. The minimum absolute atomic E-state index is 0.0559. The molecule has 8 nitrogen and oxygen atoms in total. The molecule has 0 saturated heterocycles. The van der Waals surface area contributed by atoms with E-state index in [4.69, 9.17) is 21.5 Å². The van der Waals surface area contributed by atoms with E-state index in [1.165, 1.54) is 4.70 Å². The van der Waals surface area contributed by atoms with Crippen molar-refractivity contribution in [2.24, 2.45) is 21.0 Å². The number of hydrogen-bond donors (Lipinski definition) is 0. The van der Waals surface area contributed by atoms with Gasteiger partial charge in [-0.25, -0.2) is 19.6 Å². The molecule has 2 aliphatic rings. The van der Waals surface area contributed by atoms with E-state index in [0.29, 0.717) is 17.1 Å². The molecule has 1 aromatic carbocycles. The molecular weight excluding hydrogens is 530 g/mol. The maximum atomic E-state index is 13.3. The molecule has 2 unspecified atom stereocenters. The van der Waals surface area contributed by atoms with Gasteiger partial charge in [-0.05, 0) is 42.9 Å². The number of amidine groups is 1. The average Bonchev–Trinajstić information content (AvgIpc) is 3.62. The van der Waals surface area contributed by atoms with Crippen molar-refractivity contribution < 1.29 is 9.49 Å². The topological polar surface area (TPSA) is 77.7 Å². The maximum absolute atomic E-state index is 13.3. The number of aliphatic imine (C=N–C) groups is 2. The van der Waals surface area contributed by atoms with Crippen molar-refractivity contribution in [3.8, 4) is 11.3 Å². The van der Waals surface area contributed by atoms with Gasteiger partial charge in [-0.3, -0.25) is 0 Å². The molecule has 0 saturated carbocycles. The van der Waals surface area contributed by atoms with Gasteiger partial charge >= 0.3 is 17.8 Å². The van der Waals surface area contributed by atoms with E-state index in [0.717, 1.165) is 85.8 Å². The fourth-order valence-corrected chi connectivity index (χ4v) is 6.15. The summed E-state index contributed by atoms with van der Waals surface area (Å²) >= 11 is 1.57. The summed E-state index contributed by atoms with van der Waals surface area (Å²) in [6.45, 7) is 20.2. The Bertz CT molecular complexity index is 1390. The van der Waals surface area contributed by atoms with Crippen LogP contribution in [0.2, 0.25) is 0 Å². The molecule has 0 fully saturated rings. The largest absolute Gasteiger partial charge is 0.446 e. The Morgan fingerprint density at radius 2 is 1.76 bits per heavy atom. The fraction of sp³-hybridized carbons (Fsp3) is 0.531. The van der Waals surface area contributed by atoms with E-state index in [-0.39, 0.29) is 11.6 Å². The molecule has 9 heteroatoms. The number of thiazole rings is 1. The zero-order chi connectivity index (χ0) is 29.4. The van der Waals surface area contributed by atoms with Crippen molar-refractivity contribution >= 4 is 38.9 Å². The second-order valence-corrected chi connectivity index (χ2v) is 11.6. The van der Waals surface area contributed by atoms with Crippen LogP contribution >= 0.6 is 11.3 Å². The van der Waals surface area contributed by atoms with Crippen LogP contribution in [0.3, 0.4) is 0 Å². The normalized spacial score (nSPS) is 18.3. The summed E-state index contributed by atoms with van der Waals surface area (Å²) in [5.41, 5.74) is 3.02. The summed E-state index contributed by atoms with van der Waals surface area (Å²) < 4.78 is 1.38. The molecule has 0 radical (unpaired) electrons. The summed E-state index contributed by atoms with van der Waals surface area (Å²) in [6, 6.07) is 10.1. The molecule has 41 heavy (non-hydrogen) atoms. The lowest BCUT2D eigenvalue weighted by Gasteiger charge is -2.21. The standard InChI is InChI=1S/C32H42N7OS/c1-7-11-17-23(10-4)28-36-29-25(22(5)26(33-6)31(40)39(29)37-28)34-30-27(24-18-15-14-16-19-24)35-32(41-30)38(20-12-8-2)21-13-9-3/h14-16,18-19,23,29H,7-13,17,20-21H2,1-5H3/q+1. The molecule has 0 N–H and O–H groups in total. The number of rotatable bonds is 14. The second-order valence-electron chi connectivity index (χ2n) is 10.7. The van der Waals surface area contributed by atoms with Crippen LogP contribution in [0.25, 0.3) is 16.1 Å². The van der Waals surface area contributed by atoms with Crippen LogP contribution in [0.15, 0.2) is 56.7 Å². The van der Waals surface area contributed by atoms with Gasteiger partial charge in [-0.15, -0.1) is 0 Å². The lowest BCUT2D eigenvalue weighted by atomic mass is 9.98. The van der Waals surface area contributed by atoms with Crippen LogP contribution in [0.4, 0.5) is 10.1 Å². The highest BCUT2D eigenvalue weighted by molar-refractivity contribution is 7.19. The highest BCUT2D eigenvalue weighted by atomic mass is 32.1. The van der Waals surface area contributed by atoms with Gasteiger partial charge in [0.25, 0.3) is 0 Å². The van der Waals surface area contributed by atoms with E-state index in [1.54, 1.807) is 11.3 Å². The molecular formula is C32H42N7OS+. The van der Waals surface area contributed by atoms with E-state index in [2.05, 4.69) is 54.7 Å². The molecule has 0 bridgehead atoms. The number of amides is 1. The Balaban J connectivity index is 1.85. The van der Waals surface area contributed by atoms with Crippen LogP contribution in [-0.2, 0) is 4.79 Å². The quantitative estimate of drug-likeness (QED) is 0.168. The number of carbonyl (C=O) groups excluding carboxylic acids is 1. The highest BCUT2D eigenvalue weighted by Crippen LogP contribution is 2.41. The Morgan fingerprint density at radius 3 is 2.37 bits per heavy atom. The van der Waals surface area contributed by atoms with Gasteiger partial charge < -0.3 is 4.90 Å². The van der Waals surface area contributed by atoms with Crippen LogP contribution in [0.1, 0.15) is 86.0 Å². The fourth-order valence-electron chi connectivity index (χ4n) is 5.12. The first-order valence-electron chi connectivity index (χ1n) is 15.1. The number of carbonyl (C=O) groups is 1. The third kappa shape index (κ3) is 6.70. The van der Waals surface area contributed by atoms with Crippen LogP contribution in [-0.4, -0.2) is 46.4 Å². The number of aromatic nitrogens is 1. The number of anilines is 1. The highest BCUT2D eigenvalue weighted by Gasteiger charge is 2.49. The predicted molar refractivity (Wildman–Crippen MR) is 168 cm³/mol. The van der Waals surface area contributed by atoms with Crippen molar-refractivity contribution in [2.75, 3.05) is 18.0 Å². The average molecular weight is 573 g/mol. The summed E-state index contributed by atoms with van der Waals surface area (Å²) in [4.78, 5) is 34.6. The molecule has 2 aromatic rings. The van der Waals surface area contributed by atoms with Crippen molar-refractivity contribution in [3.05, 3.63) is 53.0 Å². The van der Waals surface area contributed by atoms with Gasteiger partial charge in [0, 0.05) is 29.7 Å². The molecule has 4 rings (SSSR count). The SMILES string of the molecule is [C-]#[N+]C1=C(C)C(=Nc2sc(N(CCCC)CCCC)nc2-c2ccccc2)C2N=C(C(CC)CCCC)N=[N+]2C1=O. The Kier molecular flexibility index (Phi) is 10.7. The van der Waals surface area contributed by atoms with Gasteiger partial charge in [0.05, 0.1) is 6.57 Å². The van der Waals surface area contributed by atoms with E-state index in [9.17, 15) is 4.79 Å². The molecule has 2 atom stereocenters. The molecule has 0 aliphatic carbocycles. The lowest BCUT2D eigenvalue weighted by molar-refractivity contribution is -0.517. The summed E-state index contributed by atoms with van der Waals surface area (Å²) in [5, 5.41) is 6.39. The van der Waals surface area contributed by atoms with Gasteiger partial charge in [-0.2, -0.15) is 4.99 Å². The minimum atomic E-state index is -0.663. The smallest absolute Gasteiger partial charge is 0.348 e. The van der Waals surface area contributed by atoms with Crippen molar-refractivity contribution in [3.63, 3.8) is 0 Å². The van der Waals surface area contributed by atoms with E-state index in [1.807, 2.05) is 25.1 Å². The number of benzene rings is 1. The molecule has 3 heterocycles. The molecule has 216 valence electrons. The van der Waals surface area contributed by atoms with Crippen LogP contribution < -0.4 is 4.90 Å². The minimum Gasteiger partial charge on any atom is -0.348 e. The third-order valence-electron chi connectivity index (χ3n) is 7.67.